The van der Waals surface area contributed by atoms with E-state index < -0.39 is 0 Å². The van der Waals surface area contributed by atoms with E-state index >= 15 is 0 Å². The lowest BCUT2D eigenvalue weighted by atomic mass is 9.78. The first-order chi connectivity index (χ1) is 16.6. The van der Waals surface area contributed by atoms with E-state index in [2.05, 4.69) is 22.8 Å². The number of ketones is 1. The molecule has 0 radical (unpaired) electrons. The van der Waals surface area contributed by atoms with Gasteiger partial charge < -0.3 is 24.8 Å². The zero-order chi connectivity index (χ0) is 23.7. The van der Waals surface area contributed by atoms with Gasteiger partial charge in [0.15, 0.2) is 17.3 Å². The summed E-state index contributed by atoms with van der Waals surface area (Å²) in [4.78, 5) is 13.7. The van der Waals surface area contributed by atoms with E-state index in [0.29, 0.717) is 23.7 Å². The van der Waals surface area contributed by atoms with Crippen LogP contribution in [-0.2, 0) is 4.79 Å². The number of para-hydroxylation sites is 2. The number of hydrogen-bond donors (Lipinski definition) is 2. The fourth-order valence-corrected chi connectivity index (χ4v) is 4.97. The summed E-state index contributed by atoms with van der Waals surface area (Å²) >= 11 is 0. The average Bonchev–Trinajstić information content (AvgIpc) is 3.05. The van der Waals surface area contributed by atoms with Gasteiger partial charge in [0, 0.05) is 17.7 Å². The first-order valence-corrected chi connectivity index (χ1v) is 11.4. The molecule has 0 bridgehead atoms. The molecular weight excluding hydrogens is 428 g/mol. The number of Topliss-reactive ketones (excluding diaryl/α,β-unsaturated/α-hetero) is 1. The molecular formula is C28H28N2O4. The molecule has 2 aliphatic rings. The van der Waals surface area contributed by atoms with Crippen LogP contribution in [0.25, 0.3) is 0 Å². The first-order valence-electron chi connectivity index (χ1n) is 11.4. The number of carbonyl (C=O) groups is 1. The van der Waals surface area contributed by atoms with Crippen molar-refractivity contribution in [1.29, 1.82) is 0 Å². The van der Waals surface area contributed by atoms with Gasteiger partial charge in [-0.25, -0.2) is 0 Å². The Morgan fingerprint density at radius 3 is 2.06 bits per heavy atom. The molecule has 6 nitrogen and oxygen atoms in total. The number of rotatable bonds is 5. The summed E-state index contributed by atoms with van der Waals surface area (Å²) in [6.45, 7) is 0. The van der Waals surface area contributed by atoms with Crippen LogP contribution >= 0.6 is 0 Å². The number of anilines is 2. The van der Waals surface area contributed by atoms with Crippen molar-refractivity contribution in [3.05, 3.63) is 89.1 Å². The highest BCUT2D eigenvalue weighted by molar-refractivity contribution is 6.01. The Kier molecular flexibility index (Phi) is 5.88. The normalized spacial score (nSPS) is 19.2. The first kappa shape index (κ1) is 21.9. The van der Waals surface area contributed by atoms with Gasteiger partial charge >= 0.3 is 0 Å². The molecule has 2 N–H and O–H groups in total. The molecule has 2 unspecified atom stereocenters. The number of hydrogen-bond acceptors (Lipinski definition) is 6. The smallest absolute Gasteiger partial charge is 0.203 e. The summed E-state index contributed by atoms with van der Waals surface area (Å²) in [5.74, 6) is 1.88. The topological polar surface area (TPSA) is 68.8 Å². The van der Waals surface area contributed by atoms with Crippen LogP contribution in [-0.4, -0.2) is 27.1 Å². The number of allylic oxidation sites excluding steroid dienone is 1. The van der Waals surface area contributed by atoms with Crippen LogP contribution in [0.3, 0.4) is 0 Å². The van der Waals surface area contributed by atoms with Crippen LogP contribution < -0.4 is 24.8 Å². The van der Waals surface area contributed by atoms with Crippen molar-refractivity contribution in [2.24, 2.45) is 0 Å². The Hall–Kier alpha value is -3.93. The fourth-order valence-electron chi connectivity index (χ4n) is 4.97. The summed E-state index contributed by atoms with van der Waals surface area (Å²) in [6.07, 6.45) is 1.21. The summed E-state index contributed by atoms with van der Waals surface area (Å²) in [5, 5.41) is 7.19. The van der Waals surface area contributed by atoms with E-state index in [-0.39, 0.29) is 17.7 Å². The van der Waals surface area contributed by atoms with Crippen LogP contribution in [0.5, 0.6) is 17.2 Å². The Morgan fingerprint density at radius 2 is 1.41 bits per heavy atom. The van der Waals surface area contributed by atoms with Gasteiger partial charge in [0.1, 0.15) is 0 Å². The number of benzene rings is 3. The summed E-state index contributed by atoms with van der Waals surface area (Å²) < 4.78 is 16.7. The molecule has 1 aliphatic heterocycles. The Balaban J connectivity index is 1.65. The molecule has 0 fully saturated rings. The Morgan fingerprint density at radius 1 is 0.765 bits per heavy atom. The Bertz CT molecular complexity index is 1230. The standard InChI is InChI=1S/C28H28N2O4/c1-32-24-15-19(16-25(33-2)28(24)34-3)27-26-22(29-20-11-7-8-12-21(20)30-27)13-18(14-23(26)31)17-9-5-4-6-10-17/h4-12,15-16,18,27,29-30H,13-14H2,1-3H3. The quantitative estimate of drug-likeness (QED) is 0.514. The zero-order valence-corrected chi connectivity index (χ0v) is 19.6. The fraction of sp³-hybridized carbons (Fsp3) is 0.250. The summed E-state index contributed by atoms with van der Waals surface area (Å²) in [6, 6.07) is 21.7. The third-order valence-corrected chi connectivity index (χ3v) is 6.60. The van der Waals surface area contributed by atoms with E-state index in [1.54, 1.807) is 21.3 Å². The number of carbonyl (C=O) groups excluding carboxylic acids is 1. The molecule has 5 rings (SSSR count). The highest BCUT2D eigenvalue weighted by Gasteiger charge is 2.36. The maximum absolute atomic E-state index is 13.7. The van der Waals surface area contributed by atoms with E-state index in [1.807, 2.05) is 54.6 Å². The average molecular weight is 457 g/mol. The minimum atomic E-state index is -0.371. The van der Waals surface area contributed by atoms with Gasteiger partial charge in [0.05, 0.1) is 38.7 Å². The maximum atomic E-state index is 13.7. The van der Waals surface area contributed by atoms with Gasteiger partial charge in [0.25, 0.3) is 0 Å². The van der Waals surface area contributed by atoms with Gasteiger partial charge in [-0.2, -0.15) is 0 Å². The molecule has 1 heterocycles. The van der Waals surface area contributed by atoms with Crippen LogP contribution in [0.1, 0.15) is 35.9 Å². The SMILES string of the molecule is COc1cc(C2Nc3ccccc3NC3=C2C(=O)CC(c2ccccc2)C3)cc(OC)c1OC. The van der Waals surface area contributed by atoms with E-state index in [0.717, 1.165) is 34.6 Å². The van der Waals surface area contributed by atoms with Crippen LogP contribution in [0.2, 0.25) is 0 Å². The summed E-state index contributed by atoms with van der Waals surface area (Å²) in [7, 11) is 4.78. The van der Waals surface area contributed by atoms with E-state index in [4.69, 9.17) is 14.2 Å². The van der Waals surface area contributed by atoms with E-state index in [9.17, 15) is 4.79 Å². The van der Waals surface area contributed by atoms with Crippen molar-refractivity contribution in [3.63, 3.8) is 0 Å². The van der Waals surface area contributed by atoms with E-state index in [1.165, 1.54) is 5.56 Å². The number of fused-ring (bicyclic) bond motifs is 1. The molecule has 0 saturated heterocycles. The second-order valence-corrected chi connectivity index (χ2v) is 8.54. The molecule has 0 saturated carbocycles. The molecule has 0 spiro atoms. The third kappa shape index (κ3) is 3.85. The molecule has 2 atom stereocenters. The lowest BCUT2D eigenvalue weighted by molar-refractivity contribution is -0.116. The molecule has 1 aliphatic carbocycles. The second kappa shape index (κ2) is 9.14. The van der Waals surface area contributed by atoms with Crippen molar-refractivity contribution in [2.45, 2.75) is 24.8 Å². The molecule has 3 aromatic carbocycles. The third-order valence-electron chi connectivity index (χ3n) is 6.60. The monoisotopic (exact) mass is 456 g/mol. The van der Waals surface area contributed by atoms with Crippen LogP contribution in [0.15, 0.2) is 78.0 Å². The number of ether oxygens (including phenoxy) is 3. The highest BCUT2D eigenvalue weighted by Crippen LogP contribution is 2.47. The van der Waals surface area contributed by atoms with Gasteiger partial charge in [-0.3, -0.25) is 4.79 Å². The predicted molar refractivity (Wildman–Crippen MR) is 133 cm³/mol. The molecule has 6 heteroatoms. The molecule has 34 heavy (non-hydrogen) atoms. The van der Waals surface area contributed by atoms with Crippen LogP contribution in [0.4, 0.5) is 11.4 Å². The minimum Gasteiger partial charge on any atom is -0.493 e. The van der Waals surface area contributed by atoms with Crippen molar-refractivity contribution < 1.29 is 19.0 Å². The molecule has 0 amide bonds. The predicted octanol–water partition coefficient (Wildman–Crippen LogP) is 5.69. The largest absolute Gasteiger partial charge is 0.493 e. The molecule has 174 valence electrons. The van der Waals surface area contributed by atoms with Gasteiger partial charge in [-0.15, -0.1) is 0 Å². The van der Waals surface area contributed by atoms with Crippen molar-refractivity contribution in [2.75, 3.05) is 32.0 Å². The Labute approximate surface area is 199 Å². The van der Waals surface area contributed by atoms with Gasteiger partial charge in [-0.05, 0) is 47.7 Å². The highest BCUT2D eigenvalue weighted by atomic mass is 16.5. The number of nitrogens with one attached hydrogen (secondary N) is 2. The van der Waals surface area contributed by atoms with Crippen LogP contribution in [0, 0.1) is 0 Å². The van der Waals surface area contributed by atoms with Gasteiger partial charge in [0.2, 0.25) is 5.75 Å². The molecule has 3 aromatic rings. The zero-order valence-electron chi connectivity index (χ0n) is 19.6. The lowest BCUT2D eigenvalue weighted by Crippen LogP contribution is -2.27. The molecule has 0 aromatic heterocycles. The maximum Gasteiger partial charge on any atom is 0.203 e. The second-order valence-electron chi connectivity index (χ2n) is 8.54. The van der Waals surface area contributed by atoms with Crippen molar-refractivity contribution >= 4 is 17.2 Å². The summed E-state index contributed by atoms with van der Waals surface area (Å²) in [5.41, 5.74) is 5.62. The van der Waals surface area contributed by atoms with Gasteiger partial charge in [-0.1, -0.05) is 42.5 Å². The van der Waals surface area contributed by atoms with Crippen molar-refractivity contribution in [1.82, 2.24) is 0 Å². The lowest BCUT2D eigenvalue weighted by Gasteiger charge is -2.30. The number of methoxy groups -OCH3 is 3. The van der Waals surface area contributed by atoms with Crippen molar-refractivity contribution in [3.8, 4) is 17.2 Å². The minimum absolute atomic E-state index is 0.127.